The van der Waals surface area contributed by atoms with E-state index in [2.05, 4.69) is 10.3 Å². The average molecular weight is 527 g/mol. The van der Waals surface area contributed by atoms with E-state index in [9.17, 15) is 24.3 Å². The van der Waals surface area contributed by atoms with E-state index in [0.29, 0.717) is 0 Å². The van der Waals surface area contributed by atoms with Crippen LogP contribution < -0.4 is 22.3 Å². The standard InChI is InChI=1S/C25H24ClFN6O4/c26-18-9-21(32-17-3-4-17)33(37)20(23(18)14-5-15(25(35)36)7-16(28)6-14)10-22(34)31-11-13-2-1-12(24(29)30)8-19(13)27/h1-2,5-9,17,37H,3-4,10-11,28H2,(H3,29,30)(H,31,34)(H,35,36). The highest BCUT2D eigenvalue weighted by molar-refractivity contribution is 6.33. The molecule has 1 aliphatic carbocycles. The molecule has 1 amide bonds. The van der Waals surface area contributed by atoms with Gasteiger partial charge >= 0.3 is 5.97 Å². The minimum atomic E-state index is -1.21. The summed E-state index contributed by atoms with van der Waals surface area (Å²) in [5.74, 6) is -2.70. The number of carbonyl (C=O) groups excluding carboxylic acids is 1. The number of carbonyl (C=O) groups is 2. The first kappa shape index (κ1) is 25.7. The van der Waals surface area contributed by atoms with Crippen LogP contribution in [0.25, 0.3) is 11.1 Å². The molecule has 1 saturated carbocycles. The zero-order chi connectivity index (χ0) is 26.9. The Hall–Kier alpha value is -4.38. The number of aromatic carboxylic acids is 1. The van der Waals surface area contributed by atoms with Crippen LogP contribution in [-0.2, 0) is 17.8 Å². The monoisotopic (exact) mass is 526 g/mol. The van der Waals surface area contributed by atoms with Crippen LogP contribution in [-0.4, -0.2) is 38.8 Å². The lowest BCUT2D eigenvalue weighted by molar-refractivity contribution is -0.120. The van der Waals surface area contributed by atoms with Gasteiger partial charge in [0.25, 0.3) is 0 Å². The van der Waals surface area contributed by atoms with E-state index >= 15 is 0 Å². The van der Waals surface area contributed by atoms with Crippen LogP contribution >= 0.6 is 11.6 Å². The number of nitrogens with zero attached hydrogens (tertiary/aromatic N) is 2. The molecule has 12 heteroatoms. The molecule has 1 aliphatic rings. The van der Waals surface area contributed by atoms with Crippen LogP contribution in [0.5, 0.6) is 0 Å². The lowest BCUT2D eigenvalue weighted by Gasteiger charge is -2.17. The molecule has 192 valence electrons. The number of carboxylic acid groups (broad SMARTS) is 1. The quantitative estimate of drug-likeness (QED) is 0.114. The second-order valence-corrected chi connectivity index (χ2v) is 9.07. The number of nitrogens with one attached hydrogen (secondary N) is 2. The summed E-state index contributed by atoms with van der Waals surface area (Å²) in [5, 5.41) is 30.6. The zero-order valence-electron chi connectivity index (χ0n) is 19.5. The van der Waals surface area contributed by atoms with Crippen molar-refractivity contribution in [2.75, 3.05) is 5.73 Å². The van der Waals surface area contributed by atoms with Gasteiger partial charge < -0.3 is 27.1 Å². The molecule has 10 nitrogen and oxygen atoms in total. The first-order valence-corrected chi connectivity index (χ1v) is 11.6. The number of amidine groups is 1. The number of anilines is 1. The third kappa shape index (κ3) is 5.89. The number of benzene rings is 2. The van der Waals surface area contributed by atoms with E-state index in [1.165, 1.54) is 36.4 Å². The Bertz CT molecular complexity index is 1500. The molecule has 8 N–H and O–H groups in total. The largest absolute Gasteiger partial charge is 0.478 e. The van der Waals surface area contributed by atoms with Crippen molar-refractivity contribution >= 4 is 35.0 Å². The average Bonchev–Trinajstić information content (AvgIpc) is 3.65. The van der Waals surface area contributed by atoms with Gasteiger partial charge in [-0.2, -0.15) is 4.73 Å². The summed E-state index contributed by atoms with van der Waals surface area (Å²) in [6.45, 7) is -0.162. The fourth-order valence-electron chi connectivity index (χ4n) is 3.77. The number of hydrogen-bond acceptors (Lipinski definition) is 6. The molecular formula is C25H24ClFN6O4. The predicted molar refractivity (Wildman–Crippen MR) is 135 cm³/mol. The van der Waals surface area contributed by atoms with Crippen molar-refractivity contribution < 1.29 is 24.3 Å². The molecule has 4 rings (SSSR count). The maximum absolute atomic E-state index is 14.4. The van der Waals surface area contributed by atoms with E-state index in [0.717, 1.165) is 23.6 Å². The Morgan fingerprint density at radius 1 is 1.19 bits per heavy atom. The van der Waals surface area contributed by atoms with Gasteiger partial charge in [0, 0.05) is 35.0 Å². The first-order chi connectivity index (χ1) is 17.5. The first-order valence-electron chi connectivity index (χ1n) is 11.2. The van der Waals surface area contributed by atoms with Crippen molar-refractivity contribution in [2.24, 2.45) is 10.7 Å². The van der Waals surface area contributed by atoms with Gasteiger partial charge in [-0.25, -0.2) is 9.18 Å². The van der Waals surface area contributed by atoms with Crippen molar-refractivity contribution in [3.63, 3.8) is 0 Å². The second-order valence-electron chi connectivity index (χ2n) is 8.67. The number of rotatable bonds is 8. The van der Waals surface area contributed by atoms with Crippen LogP contribution in [0.1, 0.15) is 40.0 Å². The van der Waals surface area contributed by atoms with Crippen LogP contribution in [0, 0.1) is 11.2 Å². The molecule has 1 aromatic heterocycles. The summed E-state index contributed by atoms with van der Waals surface area (Å²) < 4.78 is 15.1. The molecule has 0 bridgehead atoms. The predicted octanol–water partition coefficient (Wildman–Crippen LogP) is 2.67. The highest BCUT2D eigenvalue weighted by Gasteiger charge is 2.23. The van der Waals surface area contributed by atoms with Crippen molar-refractivity contribution in [1.82, 2.24) is 10.0 Å². The molecular weight excluding hydrogens is 503 g/mol. The summed E-state index contributed by atoms with van der Waals surface area (Å²) in [6.07, 6.45) is 1.34. The van der Waals surface area contributed by atoms with Gasteiger partial charge in [-0.05, 0) is 42.7 Å². The fourth-order valence-corrected chi connectivity index (χ4v) is 4.08. The summed E-state index contributed by atoms with van der Waals surface area (Å²) >= 11 is 6.57. The van der Waals surface area contributed by atoms with Gasteiger partial charge in [-0.3, -0.25) is 15.2 Å². The summed E-state index contributed by atoms with van der Waals surface area (Å²) in [6, 6.07) is 9.56. The van der Waals surface area contributed by atoms with E-state index < -0.39 is 17.7 Å². The summed E-state index contributed by atoms with van der Waals surface area (Å²) in [5.41, 5.74) is 12.4. The molecule has 0 radical (unpaired) electrons. The molecule has 0 atom stereocenters. The molecule has 0 unspecified atom stereocenters. The number of aromatic nitrogens is 1. The second kappa shape index (κ2) is 10.3. The van der Waals surface area contributed by atoms with Gasteiger partial charge in [0.1, 0.15) is 11.7 Å². The zero-order valence-corrected chi connectivity index (χ0v) is 20.2. The minimum Gasteiger partial charge on any atom is -0.478 e. The van der Waals surface area contributed by atoms with Crippen LogP contribution in [0.3, 0.4) is 0 Å². The number of amides is 1. The van der Waals surface area contributed by atoms with E-state index in [4.69, 9.17) is 28.5 Å². The molecule has 0 spiro atoms. The molecule has 2 aromatic carbocycles. The van der Waals surface area contributed by atoms with Crippen molar-refractivity contribution in [3.8, 4) is 11.1 Å². The maximum atomic E-state index is 14.4. The Labute approximate surface area is 215 Å². The lowest BCUT2D eigenvalue weighted by atomic mass is 9.98. The molecule has 3 aromatic rings. The van der Waals surface area contributed by atoms with Gasteiger partial charge in [0.2, 0.25) is 5.91 Å². The Morgan fingerprint density at radius 2 is 1.92 bits per heavy atom. The number of hydrogen-bond donors (Lipinski definition) is 6. The molecule has 0 aliphatic heterocycles. The third-order valence-electron chi connectivity index (χ3n) is 5.78. The van der Waals surface area contributed by atoms with E-state index in [1.807, 2.05) is 0 Å². The maximum Gasteiger partial charge on any atom is 0.335 e. The van der Waals surface area contributed by atoms with Crippen LogP contribution in [0.15, 0.2) is 47.5 Å². The summed E-state index contributed by atoms with van der Waals surface area (Å²) in [7, 11) is 0. The molecule has 0 saturated heterocycles. The van der Waals surface area contributed by atoms with Gasteiger partial charge in [0.05, 0.1) is 28.7 Å². The Balaban J connectivity index is 1.70. The van der Waals surface area contributed by atoms with Crippen molar-refractivity contribution in [2.45, 2.75) is 31.8 Å². The number of nitrogen functional groups attached to an aromatic ring is 2. The number of halogens is 2. The van der Waals surface area contributed by atoms with Gasteiger partial charge in [0.15, 0.2) is 5.49 Å². The van der Waals surface area contributed by atoms with Crippen molar-refractivity contribution in [1.29, 1.82) is 5.41 Å². The highest BCUT2D eigenvalue weighted by Crippen LogP contribution is 2.33. The van der Waals surface area contributed by atoms with Gasteiger partial charge in [-0.1, -0.05) is 23.7 Å². The van der Waals surface area contributed by atoms with Gasteiger partial charge in [-0.15, -0.1) is 0 Å². The molecule has 1 heterocycles. The van der Waals surface area contributed by atoms with Crippen LogP contribution in [0.4, 0.5) is 10.1 Å². The summed E-state index contributed by atoms with van der Waals surface area (Å²) in [4.78, 5) is 28.9. The highest BCUT2D eigenvalue weighted by atomic mass is 35.5. The SMILES string of the molecule is N=C(N)c1ccc(CNC(=O)Cc2c(-c3cc(N)cc(C(=O)O)c3)c(Cl)cc(=NC3CC3)n2O)c(F)c1. The van der Waals surface area contributed by atoms with Crippen molar-refractivity contribution in [3.05, 3.63) is 81.2 Å². The number of nitrogens with two attached hydrogens (primary N) is 2. The normalized spacial score (nSPS) is 13.4. The smallest absolute Gasteiger partial charge is 0.335 e. The lowest BCUT2D eigenvalue weighted by Crippen LogP contribution is -2.30. The molecule has 1 fully saturated rings. The van der Waals surface area contributed by atoms with E-state index in [-0.39, 0.29) is 74.6 Å². The fraction of sp³-hybridized carbons (Fsp3) is 0.200. The Kier molecular flexibility index (Phi) is 7.16. The third-order valence-corrected chi connectivity index (χ3v) is 6.07. The number of carboxylic acids is 1. The minimum absolute atomic E-state index is 0.0360. The van der Waals surface area contributed by atoms with Crippen LogP contribution in [0.2, 0.25) is 5.02 Å². The van der Waals surface area contributed by atoms with E-state index in [1.54, 1.807) is 0 Å². The molecule has 37 heavy (non-hydrogen) atoms. The Morgan fingerprint density at radius 3 is 2.54 bits per heavy atom. The number of pyridine rings is 1. The topological polar surface area (TPSA) is 180 Å².